The third-order valence-electron chi connectivity index (χ3n) is 5.91. The van der Waals surface area contributed by atoms with E-state index in [2.05, 4.69) is 9.88 Å². The van der Waals surface area contributed by atoms with Gasteiger partial charge in [0.15, 0.2) is 17.2 Å². The fraction of sp³-hybridized carbons (Fsp3) is 0.360. The molecule has 33 heavy (non-hydrogen) atoms. The smallest absolute Gasteiger partial charge is 0.275 e. The predicted molar refractivity (Wildman–Crippen MR) is 118 cm³/mol. The van der Waals surface area contributed by atoms with E-state index in [9.17, 15) is 9.18 Å². The van der Waals surface area contributed by atoms with Gasteiger partial charge in [-0.25, -0.2) is 9.37 Å². The number of halogens is 1. The lowest BCUT2D eigenvalue weighted by Gasteiger charge is -2.25. The minimum absolute atomic E-state index is 0.0860. The summed E-state index contributed by atoms with van der Waals surface area (Å²) in [5.41, 5.74) is 2.19. The number of hydrogen-bond acceptors (Lipinski definition) is 6. The normalized spacial score (nSPS) is 15.3. The molecule has 1 fully saturated rings. The molecule has 1 saturated heterocycles. The van der Waals surface area contributed by atoms with Crippen molar-refractivity contribution >= 4 is 5.91 Å². The highest BCUT2D eigenvalue weighted by Crippen LogP contribution is 2.33. The van der Waals surface area contributed by atoms with Crippen LogP contribution in [-0.2, 0) is 19.6 Å². The number of rotatable bonds is 7. The predicted octanol–water partition coefficient (Wildman–Crippen LogP) is 4.37. The summed E-state index contributed by atoms with van der Waals surface area (Å²) in [5, 5.41) is 0. The molecule has 3 heterocycles. The van der Waals surface area contributed by atoms with Crippen molar-refractivity contribution in [2.45, 2.75) is 38.9 Å². The number of nitrogens with zero attached hydrogens (tertiary/aromatic N) is 3. The third-order valence-corrected chi connectivity index (χ3v) is 5.91. The number of carbonyl (C=O) groups excluding carboxylic acids is 1. The van der Waals surface area contributed by atoms with E-state index in [-0.39, 0.29) is 18.5 Å². The summed E-state index contributed by atoms with van der Waals surface area (Å²) < 4.78 is 30.3. The number of ether oxygens (including phenoxy) is 2. The zero-order valence-electron chi connectivity index (χ0n) is 18.3. The van der Waals surface area contributed by atoms with Gasteiger partial charge in [-0.2, -0.15) is 0 Å². The van der Waals surface area contributed by atoms with E-state index in [1.54, 1.807) is 6.07 Å². The maximum absolute atomic E-state index is 13.8. The van der Waals surface area contributed by atoms with Crippen molar-refractivity contribution < 1.29 is 23.1 Å². The molecule has 8 heteroatoms. The first kappa shape index (κ1) is 21.5. The summed E-state index contributed by atoms with van der Waals surface area (Å²) in [6.07, 6.45) is 4.64. The molecule has 0 unspecified atom stereocenters. The minimum atomic E-state index is -0.277. The van der Waals surface area contributed by atoms with Gasteiger partial charge < -0.3 is 18.8 Å². The highest BCUT2D eigenvalue weighted by molar-refractivity contribution is 5.92. The molecular formula is C25H26FN3O4. The van der Waals surface area contributed by atoms with Crippen LogP contribution in [0.1, 0.15) is 46.8 Å². The maximum Gasteiger partial charge on any atom is 0.275 e. The topological polar surface area (TPSA) is 68.0 Å². The summed E-state index contributed by atoms with van der Waals surface area (Å²) in [7, 11) is 0. The standard InChI is InChI=1S/C25H26FN3O4/c26-20-6-4-5-18(11-20)13-28(14-19-7-8-22-23(12-19)33-17-32-22)15-24-27-21(16-31-24)25(30)29-9-2-1-3-10-29/h4-8,11-12,16H,1-3,9-10,13-15,17H2. The quantitative estimate of drug-likeness (QED) is 0.531. The largest absolute Gasteiger partial charge is 0.454 e. The second-order valence-corrected chi connectivity index (χ2v) is 8.44. The highest BCUT2D eigenvalue weighted by atomic mass is 19.1. The van der Waals surface area contributed by atoms with E-state index in [0.717, 1.165) is 49.2 Å². The first-order valence-corrected chi connectivity index (χ1v) is 11.2. The first-order valence-electron chi connectivity index (χ1n) is 11.2. The molecule has 0 radical (unpaired) electrons. The Kier molecular flexibility index (Phi) is 6.26. The van der Waals surface area contributed by atoms with Crippen molar-refractivity contribution in [2.75, 3.05) is 19.9 Å². The monoisotopic (exact) mass is 451 g/mol. The molecule has 172 valence electrons. The van der Waals surface area contributed by atoms with Gasteiger partial charge in [0.25, 0.3) is 5.91 Å². The lowest BCUT2D eigenvalue weighted by Crippen LogP contribution is -2.35. The van der Waals surface area contributed by atoms with Gasteiger partial charge in [-0.05, 0) is 54.7 Å². The Labute approximate surface area is 191 Å². The molecule has 0 saturated carbocycles. The van der Waals surface area contributed by atoms with Gasteiger partial charge in [-0.1, -0.05) is 18.2 Å². The van der Waals surface area contributed by atoms with Crippen molar-refractivity contribution in [1.82, 2.24) is 14.8 Å². The van der Waals surface area contributed by atoms with Crippen LogP contribution < -0.4 is 9.47 Å². The molecule has 5 rings (SSSR count). The Hall–Kier alpha value is -3.39. The van der Waals surface area contributed by atoms with E-state index in [1.165, 1.54) is 18.4 Å². The number of piperidine rings is 1. The van der Waals surface area contributed by atoms with Crippen LogP contribution in [0.2, 0.25) is 0 Å². The Morgan fingerprint density at radius 1 is 0.970 bits per heavy atom. The fourth-order valence-electron chi connectivity index (χ4n) is 4.29. The maximum atomic E-state index is 13.8. The zero-order chi connectivity index (χ0) is 22.6. The van der Waals surface area contributed by atoms with Gasteiger partial charge in [-0.3, -0.25) is 9.69 Å². The number of oxazole rings is 1. The number of amides is 1. The molecule has 2 aromatic carbocycles. The van der Waals surface area contributed by atoms with Crippen molar-refractivity contribution in [1.29, 1.82) is 0 Å². The number of likely N-dealkylation sites (tertiary alicyclic amines) is 1. The second kappa shape index (κ2) is 9.62. The summed E-state index contributed by atoms with van der Waals surface area (Å²) in [5.74, 6) is 1.53. The number of fused-ring (bicyclic) bond motifs is 1. The molecule has 1 amide bonds. The van der Waals surface area contributed by atoms with Crippen molar-refractivity contribution in [3.05, 3.63) is 77.3 Å². The second-order valence-electron chi connectivity index (χ2n) is 8.44. The van der Waals surface area contributed by atoms with Crippen LogP contribution in [-0.4, -0.2) is 40.6 Å². The van der Waals surface area contributed by atoms with Crippen LogP contribution in [0.4, 0.5) is 4.39 Å². The summed E-state index contributed by atoms with van der Waals surface area (Å²) >= 11 is 0. The summed E-state index contributed by atoms with van der Waals surface area (Å²) in [6.45, 7) is 3.16. The molecule has 3 aromatic rings. The van der Waals surface area contributed by atoms with Gasteiger partial charge in [-0.15, -0.1) is 0 Å². The fourth-order valence-corrected chi connectivity index (χ4v) is 4.29. The molecule has 0 aliphatic carbocycles. The molecule has 7 nitrogen and oxygen atoms in total. The molecule has 2 aliphatic rings. The molecule has 0 N–H and O–H groups in total. The van der Waals surface area contributed by atoms with Crippen LogP contribution in [0.3, 0.4) is 0 Å². The highest BCUT2D eigenvalue weighted by Gasteiger charge is 2.22. The Morgan fingerprint density at radius 2 is 1.76 bits per heavy atom. The van der Waals surface area contributed by atoms with Gasteiger partial charge >= 0.3 is 0 Å². The van der Waals surface area contributed by atoms with Gasteiger partial charge in [0.05, 0.1) is 6.54 Å². The Bertz CT molecular complexity index is 1130. The van der Waals surface area contributed by atoms with Crippen LogP contribution in [0.5, 0.6) is 11.5 Å². The number of benzene rings is 2. The SMILES string of the molecule is O=C(c1coc(CN(Cc2cccc(F)c2)Cc2ccc3c(c2)OCO3)n1)N1CCCCC1. The molecular weight excluding hydrogens is 425 g/mol. The lowest BCUT2D eigenvalue weighted by molar-refractivity contribution is 0.0718. The average molecular weight is 451 g/mol. The van der Waals surface area contributed by atoms with Gasteiger partial charge in [0.1, 0.15) is 12.1 Å². The first-order chi connectivity index (χ1) is 16.1. The van der Waals surface area contributed by atoms with Gasteiger partial charge in [0, 0.05) is 26.2 Å². The van der Waals surface area contributed by atoms with Crippen LogP contribution in [0.25, 0.3) is 0 Å². The lowest BCUT2D eigenvalue weighted by atomic mass is 10.1. The Morgan fingerprint density at radius 3 is 2.58 bits per heavy atom. The number of aromatic nitrogens is 1. The van der Waals surface area contributed by atoms with Crippen LogP contribution in [0.15, 0.2) is 53.1 Å². The van der Waals surface area contributed by atoms with Crippen LogP contribution in [0, 0.1) is 5.82 Å². The molecule has 0 spiro atoms. The number of hydrogen-bond donors (Lipinski definition) is 0. The Balaban J connectivity index is 1.33. The van der Waals surface area contributed by atoms with E-state index < -0.39 is 0 Å². The van der Waals surface area contributed by atoms with E-state index in [4.69, 9.17) is 13.9 Å². The number of carbonyl (C=O) groups is 1. The molecule has 0 bridgehead atoms. The summed E-state index contributed by atoms with van der Waals surface area (Å²) in [6, 6.07) is 12.3. The minimum Gasteiger partial charge on any atom is -0.454 e. The van der Waals surface area contributed by atoms with Crippen molar-refractivity contribution in [3.63, 3.8) is 0 Å². The van der Waals surface area contributed by atoms with Crippen molar-refractivity contribution in [2.24, 2.45) is 0 Å². The van der Waals surface area contributed by atoms with Gasteiger partial charge in [0.2, 0.25) is 12.7 Å². The average Bonchev–Trinajstić information content (AvgIpc) is 3.48. The molecule has 1 aromatic heterocycles. The van der Waals surface area contributed by atoms with Crippen LogP contribution >= 0.6 is 0 Å². The third kappa shape index (κ3) is 5.17. The molecule has 0 atom stereocenters. The van der Waals surface area contributed by atoms with Crippen molar-refractivity contribution in [3.8, 4) is 11.5 Å². The molecule has 2 aliphatic heterocycles. The summed E-state index contributed by atoms with van der Waals surface area (Å²) in [4.78, 5) is 21.1. The van der Waals surface area contributed by atoms with E-state index in [1.807, 2.05) is 29.2 Å². The zero-order valence-corrected chi connectivity index (χ0v) is 18.3. The van der Waals surface area contributed by atoms with E-state index in [0.29, 0.717) is 37.0 Å². The van der Waals surface area contributed by atoms with E-state index >= 15 is 0 Å².